The molecule has 0 bridgehead atoms. The number of rotatable bonds is 7. The molecule has 0 fully saturated rings. The molecule has 0 spiro atoms. The Kier molecular flexibility index (Phi) is 5.33. The van der Waals surface area contributed by atoms with Crippen molar-refractivity contribution >= 4 is 21.8 Å². The molecule has 5 rings (SSSR count). The molecule has 5 aromatic rings. The van der Waals surface area contributed by atoms with Gasteiger partial charge in [0.2, 0.25) is 0 Å². The van der Waals surface area contributed by atoms with Gasteiger partial charge in [0.25, 0.3) is 0 Å². The van der Waals surface area contributed by atoms with E-state index in [0.29, 0.717) is 18.7 Å². The molecule has 0 saturated heterocycles. The van der Waals surface area contributed by atoms with E-state index in [1.807, 2.05) is 54.6 Å². The molecule has 4 nitrogen and oxygen atoms in total. The SMILES string of the molecule is Fc1ccccc1COc1ccc2ccccc2c1CNCc1nc2ccccc2[nH]1. The summed E-state index contributed by atoms with van der Waals surface area (Å²) in [7, 11) is 0. The molecule has 0 aliphatic rings. The second kappa shape index (κ2) is 8.58. The second-order valence-electron chi connectivity index (χ2n) is 7.45. The molecule has 1 heterocycles. The van der Waals surface area contributed by atoms with Gasteiger partial charge >= 0.3 is 0 Å². The summed E-state index contributed by atoms with van der Waals surface area (Å²) in [6.45, 7) is 1.39. The lowest BCUT2D eigenvalue weighted by molar-refractivity contribution is 0.296. The van der Waals surface area contributed by atoms with Crippen molar-refractivity contribution in [3.05, 3.63) is 108 Å². The van der Waals surface area contributed by atoms with Crippen molar-refractivity contribution in [1.29, 1.82) is 0 Å². The van der Waals surface area contributed by atoms with Crippen LogP contribution in [0.5, 0.6) is 5.75 Å². The van der Waals surface area contributed by atoms with E-state index >= 15 is 0 Å². The molecule has 0 unspecified atom stereocenters. The lowest BCUT2D eigenvalue weighted by Crippen LogP contribution is -2.15. The van der Waals surface area contributed by atoms with E-state index in [9.17, 15) is 4.39 Å². The number of aromatic amines is 1. The highest BCUT2D eigenvalue weighted by Crippen LogP contribution is 2.29. The first-order valence-electron chi connectivity index (χ1n) is 10.3. The van der Waals surface area contributed by atoms with Crippen molar-refractivity contribution in [3.8, 4) is 5.75 Å². The maximum absolute atomic E-state index is 14.0. The molecule has 154 valence electrons. The number of halogens is 1. The number of para-hydroxylation sites is 2. The number of hydrogen-bond donors (Lipinski definition) is 2. The zero-order valence-electron chi connectivity index (χ0n) is 16.9. The summed E-state index contributed by atoms with van der Waals surface area (Å²) in [5.41, 5.74) is 3.57. The van der Waals surface area contributed by atoms with Crippen molar-refractivity contribution < 1.29 is 9.13 Å². The molecule has 0 atom stereocenters. The zero-order valence-corrected chi connectivity index (χ0v) is 16.9. The Morgan fingerprint density at radius 3 is 2.55 bits per heavy atom. The molecule has 0 aliphatic heterocycles. The molecule has 5 heteroatoms. The Hall–Kier alpha value is -3.70. The van der Waals surface area contributed by atoms with Crippen molar-refractivity contribution in [2.24, 2.45) is 0 Å². The fourth-order valence-electron chi connectivity index (χ4n) is 3.80. The van der Waals surface area contributed by atoms with Crippen LogP contribution >= 0.6 is 0 Å². The standard InChI is InChI=1S/C26H22FN3O/c27-22-10-4-2-8-19(22)17-31-25-14-13-18-7-1-3-9-20(18)21(25)15-28-16-26-29-23-11-5-6-12-24(23)30-26/h1-14,28H,15-17H2,(H,29,30). The Labute approximate surface area is 179 Å². The summed E-state index contributed by atoms with van der Waals surface area (Å²) >= 11 is 0. The van der Waals surface area contributed by atoms with Crippen LogP contribution in [0.2, 0.25) is 0 Å². The van der Waals surface area contributed by atoms with Gasteiger partial charge in [-0.1, -0.05) is 60.7 Å². The molecule has 0 amide bonds. The first-order valence-corrected chi connectivity index (χ1v) is 10.3. The van der Waals surface area contributed by atoms with Crippen LogP contribution < -0.4 is 10.1 Å². The van der Waals surface area contributed by atoms with Crippen LogP contribution in [-0.2, 0) is 19.7 Å². The van der Waals surface area contributed by atoms with Gasteiger partial charge in [-0.05, 0) is 35.0 Å². The number of H-pyrrole nitrogens is 1. The average molecular weight is 411 g/mol. The van der Waals surface area contributed by atoms with E-state index in [4.69, 9.17) is 4.74 Å². The summed E-state index contributed by atoms with van der Waals surface area (Å²) in [5, 5.41) is 5.73. The smallest absolute Gasteiger partial charge is 0.129 e. The monoisotopic (exact) mass is 411 g/mol. The van der Waals surface area contributed by atoms with Gasteiger partial charge in [0, 0.05) is 17.7 Å². The molecule has 31 heavy (non-hydrogen) atoms. The predicted octanol–water partition coefficient (Wildman–Crippen LogP) is 5.72. The predicted molar refractivity (Wildman–Crippen MR) is 121 cm³/mol. The van der Waals surface area contributed by atoms with Gasteiger partial charge in [-0.25, -0.2) is 9.37 Å². The largest absolute Gasteiger partial charge is 0.488 e. The van der Waals surface area contributed by atoms with Crippen molar-refractivity contribution in [3.63, 3.8) is 0 Å². The molecule has 1 aromatic heterocycles. The Balaban J connectivity index is 1.37. The Bertz CT molecular complexity index is 1310. The number of nitrogens with one attached hydrogen (secondary N) is 2. The molecule has 0 saturated carbocycles. The van der Waals surface area contributed by atoms with Crippen LogP contribution in [0.1, 0.15) is 17.0 Å². The third kappa shape index (κ3) is 4.13. The minimum Gasteiger partial charge on any atom is -0.488 e. The van der Waals surface area contributed by atoms with Crippen LogP contribution in [0.15, 0.2) is 84.9 Å². The first kappa shape index (κ1) is 19.3. The van der Waals surface area contributed by atoms with E-state index in [1.165, 1.54) is 6.07 Å². The topological polar surface area (TPSA) is 49.9 Å². The molecular weight excluding hydrogens is 389 g/mol. The number of imidazole rings is 1. The van der Waals surface area contributed by atoms with Crippen molar-refractivity contribution in [2.75, 3.05) is 0 Å². The first-order chi connectivity index (χ1) is 15.3. The second-order valence-corrected chi connectivity index (χ2v) is 7.45. The van der Waals surface area contributed by atoms with Gasteiger partial charge in [-0.2, -0.15) is 0 Å². The van der Waals surface area contributed by atoms with Crippen LogP contribution in [0.3, 0.4) is 0 Å². The maximum atomic E-state index is 14.0. The van der Waals surface area contributed by atoms with Gasteiger partial charge in [0.1, 0.15) is 24.0 Å². The van der Waals surface area contributed by atoms with Gasteiger partial charge in [-0.15, -0.1) is 0 Å². The van der Waals surface area contributed by atoms with Crippen molar-refractivity contribution in [2.45, 2.75) is 19.7 Å². The number of hydrogen-bond acceptors (Lipinski definition) is 3. The minimum atomic E-state index is -0.257. The Morgan fingerprint density at radius 1 is 0.839 bits per heavy atom. The lowest BCUT2D eigenvalue weighted by atomic mass is 10.0. The molecule has 2 N–H and O–H groups in total. The third-order valence-corrected chi connectivity index (χ3v) is 5.37. The highest BCUT2D eigenvalue weighted by Gasteiger charge is 2.11. The summed E-state index contributed by atoms with van der Waals surface area (Å²) in [6.07, 6.45) is 0. The molecule has 4 aromatic carbocycles. The molecule has 0 radical (unpaired) electrons. The van der Waals surface area contributed by atoms with Crippen LogP contribution in [0.25, 0.3) is 21.8 Å². The quantitative estimate of drug-likeness (QED) is 0.360. The van der Waals surface area contributed by atoms with E-state index in [-0.39, 0.29) is 12.4 Å². The highest BCUT2D eigenvalue weighted by molar-refractivity contribution is 5.87. The van der Waals surface area contributed by atoms with Crippen molar-refractivity contribution in [1.82, 2.24) is 15.3 Å². The fourth-order valence-corrected chi connectivity index (χ4v) is 3.80. The summed E-state index contributed by atoms with van der Waals surface area (Å²) < 4.78 is 20.1. The van der Waals surface area contributed by atoms with Gasteiger partial charge in [0.15, 0.2) is 0 Å². The summed E-state index contributed by atoms with van der Waals surface area (Å²) in [4.78, 5) is 7.96. The van der Waals surface area contributed by atoms with E-state index in [2.05, 4.69) is 27.4 Å². The van der Waals surface area contributed by atoms with Crippen LogP contribution in [0, 0.1) is 5.82 Å². The number of aromatic nitrogens is 2. The highest BCUT2D eigenvalue weighted by atomic mass is 19.1. The fraction of sp³-hybridized carbons (Fsp3) is 0.115. The summed E-state index contributed by atoms with van der Waals surface area (Å²) in [6, 6.07) is 26.9. The van der Waals surface area contributed by atoms with E-state index < -0.39 is 0 Å². The number of fused-ring (bicyclic) bond motifs is 2. The average Bonchev–Trinajstić information content (AvgIpc) is 3.22. The lowest BCUT2D eigenvalue weighted by Gasteiger charge is -2.15. The molecular formula is C26H22FN3O. The van der Waals surface area contributed by atoms with E-state index in [0.717, 1.165) is 38.9 Å². The normalized spacial score (nSPS) is 11.3. The summed E-state index contributed by atoms with van der Waals surface area (Å²) in [5.74, 6) is 1.38. The van der Waals surface area contributed by atoms with Crippen LogP contribution in [0.4, 0.5) is 4.39 Å². The minimum absolute atomic E-state index is 0.182. The zero-order chi connectivity index (χ0) is 21.0. The molecule has 0 aliphatic carbocycles. The number of nitrogens with zero attached hydrogens (tertiary/aromatic N) is 1. The maximum Gasteiger partial charge on any atom is 0.129 e. The van der Waals surface area contributed by atoms with Gasteiger partial charge in [0.05, 0.1) is 17.6 Å². The number of ether oxygens (including phenoxy) is 1. The van der Waals surface area contributed by atoms with Crippen LogP contribution in [-0.4, -0.2) is 9.97 Å². The number of benzene rings is 4. The van der Waals surface area contributed by atoms with Gasteiger partial charge in [-0.3, -0.25) is 0 Å². The Morgan fingerprint density at radius 2 is 1.65 bits per heavy atom. The van der Waals surface area contributed by atoms with E-state index in [1.54, 1.807) is 12.1 Å². The van der Waals surface area contributed by atoms with Gasteiger partial charge < -0.3 is 15.0 Å². The third-order valence-electron chi connectivity index (χ3n) is 5.37.